The van der Waals surface area contributed by atoms with Crippen LogP contribution in [0.5, 0.6) is 0 Å². The lowest BCUT2D eigenvalue weighted by Crippen LogP contribution is -2.22. The van der Waals surface area contributed by atoms with E-state index >= 15 is 0 Å². The van der Waals surface area contributed by atoms with E-state index in [4.69, 9.17) is 5.10 Å². The quantitative estimate of drug-likeness (QED) is 0.596. The second kappa shape index (κ2) is 7.61. The van der Waals surface area contributed by atoms with Crippen molar-refractivity contribution in [3.8, 4) is 16.9 Å². The summed E-state index contributed by atoms with van der Waals surface area (Å²) < 4.78 is 1.82. The van der Waals surface area contributed by atoms with Gasteiger partial charge in [0.1, 0.15) is 0 Å². The van der Waals surface area contributed by atoms with Crippen LogP contribution in [0, 0.1) is 0 Å². The summed E-state index contributed by atoms with van der Waals surface area (Å²) >= 11 is 0. The zero-order valence-corrected chi connectivity index (χ0v) is 14.5. The molecule has 0 spiro atoms. The topological polar surface area (TPSA) is 72.7 Å². The average Bonchev–Trinajstić information content (AvgIpc) is 3.18. The predicted molar refractivity (Wildman–Crippen MR) is 102 cm³/mol. The molecule has 4 aromatic rings. The number of para-hydroxylation sites is 1. The van der Waals surface area contributed by atoms with E-state index in [0.717, 1.165) is 22.5 Å². The van der Waals surface area contributed by atoms with Crippen molar-refractivity contribution < 1.29 is 4.79 Å². The average molecular weight is 355 g/mol. The molecule has 0 fully saturated rings. The molecule has 0 saturated heterocycles. The standard InChI is InChI=1S/C21H17N5O/c27-21(17-5-4-10-23-13-17)24-14-18-15-26(19-6-2-1-3-7-19)25-20(18)16-8-11-22-12-9-16/h1-13,15H,14H2,(H,24,27). The zero-order chi connectivity index (χ0) is 18.5. The molecule has 0 unspecified atom stereocenters. The van der Waals surface area contributed by atoms with Gasteiger partial charge in [0.05, 0.1) is 16.9 Å². The lowest BCUT2D eigenvalue weighted by atomic mass is 10.1. The Morgan fingerprint density at radius 3 is 2.48 bits per heavy atom. The summed E-state index contributed by atoms with van der Waals surface area (Å²) in [7, 11) is 0. The summed E-state index contributed by atoms with van der Waals surface area (Å²) in [6.45, 7) is 0.359. The Labute approximate surface area is 156 Å². The molecule has 1 N–H and O–H groups in total. The van der Waals surface area contributed by atoms with E-state index in [1.165, 1.54) is 0 Å². The largest absolute Gasteiger partial charge is 0.348 e. The molecular formula is C21H17N5O. The number of rotatable bonds is 5. The number of nitrogens with zero attached hydrogens (tertiary/aromatic N) is 4. The summed E-state index contributed by atoms with van der Waals surface area (Å²) in [6.07, 6.45) is 8.59. The Morgan fingerprint density at radius 2 is 1.74 bits per heavy atom. The molecule has 132 valence electrons. The molecule has 0 atom stereocenters. The number of hydrogen-bond acceptors (Lipinski definition) is 4. The van der Waals surface area contributed by atoms with Gasteiger partial charge in [0.25, 0.3) is 5.91 Å². The zero-order valence-electron chi connectivity index (χ0n) is 14.5. The van der Waals surface area contributed by atoms with Gasteiger partial charge in [-0.2, -0.15) is 5.10 Å². The van der Waals surface area contributed by atoms with Gasteiger partial charge in [-0.15, -0.1) is 0 Å². The Kier molecular flexibility index (Phi) is 4.70. The summed E-state index contributed by atoms with van der Waals surface area (Å²) in [5.41, 5.74) is 4.16. The monoisotopic (exact) mass is 355 g/mol. The maximum absolute atomic E-state index is 12.4. The Balaban J connectivity index is 1.64. The number of amides is 1. The minimum atomic E-state index is -0.170. The van der Waals surface area contributed by atoms with Gasteiger partial charge in [-0.1, -0.05) is 18.2 Å². The molecule has 0 aliphatic carbocycles. The Hall–Kier alpha value is -3.80. The number of pyridine rings is 2. The Bertz CT molecular complexity index is 1030. The van der Waals surface area contributed by atoms with Crippen LogP contribution in [-0.4, -0.2) is 25.7 Å². The van der Waals surface area contributed by atoms with Crippen LogP contribution in [0.2, 0.25) is 0 Å². The van der Waals surface area contributed by atoms with Gasteiger partial charge < -0.3 is 5.32 Å². The number of nitrogens with one attached hydrogen (secondary N) is 1. The van der Waals surface area contributed by atoms with Gasteiger partial charge in [-0.05, 0) is 36.4 Å². The minimum absolute atomic E-state index is 0.170. The van der Waals surface area contributed by atoms with Crippen molar-refractivity contribution in [2.24, 2.45) is 0 Å². The van der Waals surface area contributed by atoms with Crippen LogP contribution in [0.25, 0.3) is 16.9 Å². The van der Waals surface area contributed by atoms with Gasteiger partial charge in [0.2, 0.25) is 0 Å². The van der Waals surface area contributed by atoms with Crippen molar-refractivity contribution in [3.63, 3.8) is 0 Å². The lowest BCUT2D eigenvalue weighted by molar-refractivity contribution is 0.0950. The number of carbonyl (C=O) groups is 1. The number of carbonyl (C=O) groups excluding carboxylic acids is 1. The first kappa shape index (κ1) is 16.7. The van der Waals surface area contributed by atoms with Crippen molar-refractivity contribution in [2.75, 3.05) is 0 Å². The van der Waals surface area contributed by atoms with E-state index in [9.17, 15) is 4.79 Å². The van der Waals surface area contributed by atoms with Gasteiger partial charge >= 0.3 is 0 Å². The molecule has 0 aliphatic rings. The van der Waals surface area contributed by atoms with Crippen molar-refractivity contribution in [1.29, 1.82) is 0 Å². The normalized spacial score (nSPS) is 10.5. The third-order valence-corrected chi connectivity index (χ3v) is 4.13. The van der Waals surface area contributed by atoms with Crippen molar-refractivity contribution in [3.05, 3.63) is 96.7 Å². The first-order chi connectivity index (χ1) is 13.3. The first-order valence-corrected chi connectivity index (χ1v) is 8.54. The second-order valence-electron chi connectivity index (χ2n) is 5.94. The summed E-state index contributed by atoms with van der Waals surface area (Å²) in [6, 6.07) is 17.2. The molecule has 6 nitrogen and oxygen atoms in total. The fourth-order valence-electron chi connectivity index (χ4n) is 2.78. The highest BCUT2D eigenvalue weighted by molar-refractivity contribution is 5.93. The number of hydrogen-bond donors (Lipinski definition) is 1. The van der Waals surface area contributed by atoms with Crippen molar-refractivity contribution in [1.82, 2.24) is 25.1 Å². The van der Waals surface area contributed by atoms with Crippen LogP contribution >= 0.6 is 0 Å². The van der Waals surface area contributed by atoms with Crippen molar-refractivity contribution in [2.45, 2.75) is 6.54 Å². The third-order valence-electron chi connectivity index (χ3n) is 4.13. The minimum Gasteiger partial charge on any atom is -0.348 e. The SMILES string of the molecule is O=C(NCc1cn(-c2ccccc2)nc1-c1ccncc1)c1cccnc1. The third kappa shape index (κ3) is 3.74. The fourth-order valence-corrected chi connectivity index (χ4v) is 2.78. The van der Waals surface area contributed by atoms with Gasteiger partial charge in [-0.25, -0.2) is 4.68 Å². The molecular weight excluding hydrogens is 338 g/mol. The fraction of sp³-hybridized carbons (Fsp3) is 0.0476. The van der Waals surface area contributed by atoms with Gasteiger partial charge in [-0.3, -0.25) is 14.8 Å². The van der Waals surface area contributed by atoms with E-state index in [-0.39, 0.29) is 5.91 Å². The second-order valence-corrected chi connectivity index (χ2v) is 5.94. The highest BCUT2D eigenvalue weighted by atomic mass is 16.1. The van der Waals surface area contributed by atoms with E-state index in [1.54, 1.807) is 36.9 Å². The molecule has 1 amide bonds. The Morgan fingerprint density at radius 1 is 0.926 bits per heavy atom. The van der Waals surface area contributed by atoms with Crippen LogP contribution < -0.4 is 5.32 Å². The van der Waals surface area contributed by atoms with Crippen LogP contribution in [0.3, 0.4) is 0 Å². The number of aromatic nitrogens is 4. The van der Waals surface area contributed by atoms with Gasteiger partial charge in [0, 0.05) is 48.7 Å². The van der Waals surface area contributed by atoms with E-state index in [0.29, 0.717) is 12.1 Å². The summed E-state index contributed by atoms with van der Waals surface area (Å²) in [5.74, 6) is -0.170. The molecule has 6 heteroatoms. The molecule has 27 heavy (non-hydrogen) atoms. The summed E-state index contributed by atoms with van der Waals surface area (Å²) in [5, 5.41) is 7.67. The molecule has 0 saturated carbocycles. The first-order valence-electron chi connectivity index (χ1n) is 8.54. The highest BCUT2D eigenvalue weighted by Crippen LogP contribution is 2.23. The van der Waals surface area contributed by atoms with E-state index in [2.05, 4.69) is 15.3 Å². The molecule has 0 radical (unpaired) electrons. The predicted octanol–water partition coefficient (Wildman–Crippen LogP) is 3.26. The number of benzene rings is 1. The molecule has 3 aromatic heterocycles. The van der Waals surface area contributed by atoms with Crippen LogP contribution in [0.1, 0.15) is 15.9 Å². The maximum Gasteiger partial charge on any atom is 0.253 e. The molecule has 1 aromatic carbocycles. The van der Waals surface area contributed by atoms with E-state index in [1.807, 2.05) is 53.3 Å². The van der Waals surface area contributed by atoms with E-state index < -0.39 is 0 Å². The van der Waals surface area contributed by atoms with Crippen molar-refractivity contribution >= 4 is 5.91 Å². The smallest absolute Gasteiger partial charge is 0.253 e. The van der Waals surface area contributed by atoms with Crippen LogP contribution in [-0.2, 0) is 6.54 Å². The highest BCUT2D eigenvalue weighted by Gasteiger charge is 2.14. The van der Waals surface area contributed by atoms with Crippen LogP contribution in [0.15, 0.2) is 85.6 Å². The van der Waals surface area contributed by atoms with Gasteiger partial charge in [0.15, 0.2) is 0 Å². The molecule has 0 bridgehead atoms. The molecule has 3 heterocycles. The summed E-state index contributed by atoms with van der Waals surface area (Å²) in [4.78, 5) is 20.4. The molecule has 4 rings (SSSR count). The maximum atomic E-state index is 12.4. The van der Waals surface area contributed by atoms with Crippen LogP contribution in [0.4, 0.5) is 0 Å². The lowest BCUT2D eigenvalue weighted by Gasteiger charge is -2.05. The molecule has 0 aliphatic heterocycles.